The Hall–Kier alpha value is -2.63. The second-order valence-electron chi connectivity index (χ2n) is 7.83. The number of nitrogens with one attached hydrogen (secondary N) is 1. The standard InChI is InChI=1S/C21H29N5O/c1-17(16-21(2,3)18-8-5-4-6-9-18)24-20(27)26-14-12-25(13-15-26)19-22-10-7-11-23-19/h4-11,17H,12-16H2,1-3H3,(H,24,27). The molecule has 0 bridgehead atoms. The Morgan fingerprint density at radius 1 is 1.07 bits per heavy atom. The number of benzene rings is 1. The van der Waals surface area contributed by atoms with Crippen LogP contribution in [0.5, 0.6) is 0 Å². The van der Waals surface area contributed by atoms with Crippen LogP contribution < -0.4 is 10.2 Å². The van der Waals surface area contributed by atoms with E-state index in [1.54, 1.807) is 12.4 Å². The van der Waals surface area contributed by atoms with Gasteiger partial charge in [-0.3, -0.25) is 0 Å². The highest BCUT2D eigenvalue weighted by molar-refractivity contribution is 5.74. The Balaban J connectivity index is 1.49. The second kappa shape index (κ2) is 8.37. The average Bonchev–Trinajstić information content (AvgIpc) is 2.69. The molecule has 1 aromatic heterocycles. The lowest BCUT2D eigenvalue weighted by Gasteiger charge is -2.36. The number of amides is 2. The summed E-state index contributed by atoms with van der Waals surface area (Å²) in [7, 11) is 0. The van der Waals surface area contributed by atoms with Crippen LogP contribution >= 0.6 is 0 Å². The molecule has 2 heterocycles. The van der Waals surface area contributed by atoms with E-state index in [2.05, 4.69) is 65.2 Å². The van der Waals surface area contributed by atoms with Gasteiger partial charge >= 0.3 is 6.03 Å². The maximum absolute atomic E-state index is 12.6. The van der Waals surface area contributed by atoms with Gasteiger partial charge in [0.15, 0.2) is 0 Å². The smallest absolute Gasteiger partial charge is 0.317 e. The van der Waals surface area contributed by atoms with E-state index in [4.69, 9.17) is 0 Å². The number of hydrogen-bond donors (Lipinski definition) is 1. The summed E-state index contributed by atoms with van der Waals surface area (Å²) in [5.41, 5.74) is 1.31. The van der Waals surface area contributed by atoms with Crippen LogP contribution in [0.4, 0.5) is 10.7 Å². The van der Waals surface area contributed by atoms with Crippen molar-refractivity contribution in [3.8, 4) is 0 Å². The van der Waals surface area contributed by atoms with Crippen molar-refractivity contribution in [2.45, 2.75) is 38.6 Å². The van der Waals surface area contributed by atoms with E-state index in [1.165, 1.54) is 5.56 Å². The zero-order valence-corrected chi connectivity index (χ0v) is 16.4. The van der Waals surface area contributed by atoms with Crippen LogP contribution in [0.2, 0.25) is 0 Å². The third-order valence-corrected chi connectivity index (χ3v) is 5.14. The van der Waals surface area contributed by atoms with Crippen LogP contribution in [-0.2, 0) is 5.41 Å². The van der Waals surface area contributed by atoms with Gasteiger partial charge in [-0.05, 0) is 30.4 Å². The summed E-state index contributed by atoms with van der Waals surface area (Å²) in [6.45, 7) is 9.39. The lowest BCUT2D eigenvalue weighted by atomic mass is 9.79. The summed E-state index contributed by atoms with van der Waals surface area (Å²) in [5.74, 6) is 0.732. The number of carbonyl (C=O) groups is 1. The van der Waals surface area contributed by atoms with Gasteiger partial charge in [-0.25, -0.2) is 14.8 Å². The van der Waals surface area contributed by atoms with Gasteiger partial charge in [0, 0.05) is 44.6 Å². The molecule has 0 radical (unpaired) electrons. The van der Waals surface area contributed by atoms with E-state index in [9.17, 15) is 4.79 Å². The van der Waals surface area contributed by atoms with Gasteiger partial charge in [0.1, 0.15) is 0 Å². The molecule has 1 saturated heterocycles. The third kappa shape index (κ3) is 4.96. The molecule has 2 amide bonds. The van der Waals surface area contributed by atoms with Gasteiger partial charge in [0.2, 0.25) is 5.95 Å². The van der Waals surface area contributed by atoms with Crippen molar-refractivity contribution in [3.05, 3.63) is 54.4 Å². The number of piperazine rings is 1. The lowest BCUT2D eigenvalue weighted by Crippen LogP contribution is -2.53. The topological polar surface area (TPSA) is 61.4 Å². The molecule has 1 aromatic carbocycles. The molecule has 3 rings (SSSR count). The average molecular weight is 367 g/mol. The zero-order chi connectivity index (χ0) is 19.3. The van der Waals surface area contributed by atoms with E-state index >= 15 is 0 Å². The van der Waals surface area contributed by atoms with E-state index in [-0.39, 0.29) is 17.5 Å². The first-order chi connectivity index (χ1) is 13.0. The van der Waals surface area contributed by atoms with Crippen LogP contribution in [0.25, 0.3) is 0 Å². The normalized spacial score (nSPS) is 16.1. The van der Waals surface area contributed by atoms with Crippen LogP contribution in [0.3, 0.4) is 0 Å². The number of rotatable bonds is 5. The van der Waals surface area contributed by atoms with Crippen LogP contribution in [-0.4, -0.2) is 53.1 Å². The highest BCUT2D eigenvalue weighted by Crippen LogP contribution is 2.28. The Morgan fingerprint density at radius 3 is 2.33 bits per heavy atom. The predicted molar refractivity (Wildman–Crippen MR) is 108 cm³/mol. The fraction of sp³-hybridized carbons (Fsp3) is 0.476. The molecule has 0 aliphatic carbocycles. The molecule has 0 saturated carbocycles. The van der Waals surface area contributed by atoms with E-state index < -0.39 is 0 Å². The van der Waals surface area contributed by atoms with Gasteiger partial charge in [0.25, 0.3) is 0 Å². The maximum atomic E-state index is 12.6. The Morgan fingerprint density at radius 2 is 1.70 bits per heavy atom. The Kier molecular flexibility index (Phi) is 5.94. The number of anilines is 1. The molecule has 6 heteroatoms. The highest BCUT2D eigenvalue weighted by atomic mass is 16.2. The van der Waals surface area contributed by atoms with Gasteiger partial charge in [-0.2, -0.15) is 0 Å². The first kappa shape index (κ1) is 19.1. The molecule has 1 atom stereocenters. The molecule has 1 fully saturated rings. The molecule has 0 spiro atoms. The number of carbonyl (C=O) groups excluding carboxylic acids is 1. The summed E-state index contributed by atoms with van der Waals surface area (Å²) in [5, 5.41) is 3.17. The van der Waals surface area contributed by atoms with E-state index in [1.807, 2.05) is 17.0 Å². The third-order valence-electron chi connectivity index (χ3n) is 5.14. The summed E-state index contributed by atoms with van der Waals surface area (Å²) in [4.78, 5) is 25.2. The van der Waals surface area contributed by atoms with Gasteiger partial charge < -0.3 is 15.1 Å². The Labute approximate surface area is 161 Å². The highest BCUT2D eigenvalue weighted by Gasteiger charge is 2.27. The minimum Gasteiger partial charge on any atom is -0.337 e. The summed E-state index contributed by atoms with van der Waals surface area (Å²) >= 11 is 0. The quantitative estimate of drug-likeness (QED) is 0.882. The zero-order valence-electron chi connectivity index (χ0n) is 16.4. The van der Waals surface area contributed by atoms with E-state index in [0.717, 1.165) is 25.5 Å². The molecule has 2 aromatic rings. The monoisotopic (exact) mass is 367 g/mol. The van der Waals surface area contributed by atoms with E-state index in [0.29, 0.717) is 13.1 Å². The second-order valence-corrected chi connectivity index (χ2v) is 7.83. The maximum Gasteiger partial charge on any atom is 0.317 e. The molecule has 1 unspecified atom stereocenters. The van der Waals surface area contributed by atoms with Gasteiger partial charge in [0.05, 0.1) is 0 Å². The van der Waals surface area contributed by atoms with Crippen molar-refractivity contribution in [2.24, 2.45) is 0 Å². The molecular weight excluding hydrogens is 338 g/mol. The first-order valence-corrected chi connectivity index (χ1v) is 9.59. The van der Waals surface area contributed by atoms with Crippen molar-refractivity contribution < 1.29 is 4.79 Å². The lowest BCUT2D eigenvalue weighted by molar-refractivity contribution is 0.188. The number of nitrogens with zero attached hydrogens (tertiary/aromatic N) is 4. The molecule has 1 aliphatic heterocycles. The van der Waals surface area contributed by atoms with Crippen molar-refractivity contribution in [1.29, 1.82) is 0 Å². The molecule has 27 heavy (non-hydrogen) atoms. The number of hydrogen-bond acceptors (Lipinski definition) is 4. The SMILES string of the molecule is CC(CC(C)(C)c1ccccc1)NC(=O)N1CCN(c2ncccn2)CC1. The fourth-order valence-corrected chi connectivity index (χ4v) is 3.69. The van der Waals surface area contributed by atoms with Crippen LogP contribution in [0.15, 0.2) is 48.8 Å². The molecule has 144 valence electrons. The predicted octanol–water partition coefficient (Wildman–Crippen LogP) is 3.06. The number of urea groups is 1. The molecular formula is C21H29N5O. The largest absolute Gasteiger partial charge is 0.337 e. The molecule has 6 nitrogen and oxygen atoms in total. The number of aromatic nitrogens is 2. The van der Waals surface area contributed by atoms with Gasteiger partial charge in [-0.1, -0.05) is 44.2 Å². The Bertz CT molecular complexity index is 727. The van der Waals surface area contributed by atoms with Crippen molar-refractivity contribution in [2.75, 3.05) is 31.1 Å². The first-order valence-electron chi connectivity index (χ1n) is 9.59. The molecule has 1 aliphatic rings. The summed E-state index contributed by atoms with van der Waals surface area (Å²) < 4.78 is 0. The summed E-state index contributed by atoms with van der Waals surface area (Å²) in [6, 6.07) is 12.4. The minimum absolute atomic E-state index is 0.0112. The van der Waals surface area contributed by atoms with Crippen molar-refractivity contribution >= 4 is 12.0 Å². The molecule has 1 N–H and O–H groups in total. The van der Waals surface area contributed by atoms with Crippen molar-refractivity contribution in [1.82, 2.24) is 20.2 Å². The van der Waals surface area contributed by atoms with Crippen LogP contribution in [0.1, 0.15) is 32.8 Å². The minimum atomic E-state index is 0.0112. The van der Waals surface area contributed by atoms with Crippen molar-refractivity contribution in [3.63, 3.8) is 0 Å². The summed E-state index contributed by atoms with van der Waals surface area (Å²) in [6.07, 6.45) is 4.38. The van der Waals surface area contributed by atoms with Gasteiger partial charge in [-0.15, -0.1) is 0 Å². The fourth-order valence-electron chi connectivity index (χ4n) is 3.69. The van der Waals surface area contributed by atoms with Crippen LogP contribution in [0, 0.1) is 0 Å².